The predicted molar refractivity (Wildman–Crippen MR) is 82.8 cm³/mol. The van der Waals surface area contributed by atoms with Crippen molar-refractivity contribution in [3.63, 3.8) is 0 Å². The topological polar surface area (TPSA) is 18.5 Å². The molecule has 0 aliphatic carbocycles. The van der Waals surface area contributed by atoms with Crippen molar-refractivity contribution in [3.8, 4) is 11.5 Å². The van der Waals surface area contributed by atoms with Gasteiger partial charge in [-0.25, -0.2) is 0 Å². The zero-order valence-electron chi connectivity index (χ0n) is 12.6. The number of hydrogen-bond donors (Lipinski definition) is 0. The van der Waals surface area contributed by atoms with E-state index in [4.69, 9.17) is 9.47 Å². The van der Waals surface area contributed by atoms with E-state index in [0.29, 0.717) is 11.8 Å². The molecule has 2 heteroatoms. The van der Waals surface area contributed by atoms with Crippen LogP contribution in [0.15, 0.2) is 48.5 Å². The molecule has 0 saturated carbocycles. The zero-order chi connectivity index (χ0) is 14.5. The van der Waals surface area contributed by atoms with Gasteiger partial charge in [0.15, 0.2) is 0 Å². The summed E-state index contributed by atoms with van der Waals surface area (Å²) in [5.74, 6) is 2.65. The summed E-state index contributed by atoms with van der Waals surface area (Å²) in [6.45, 7) is 4.50. The van der Waals surface area contributed by atoms with Crippen molar-refractivity contribution in [2.75, 3.05) is 14.2 Å². The minimum Gasteiger partial charge on any atom is -0.497 e. The molecule has 0 spiro atoms. The molecular formula is C18H22O2. The fourth-order valence-electron chi connectivity index (χ4n) is 2.43. The van der Waals surface area contributed by atoms with Crippen molar-refractivity contribution in [3.05, 3.63) is 59.7 Å². The van der Waals surface area contributed by atoms with Gasteiger partial charge in [-0.15, -0.1) is 0 Å². The summed E-state index contributed by atoms with van der Waals surface area (Å²) in [7, 11) is 3.41. The van der Waals surface area contributed by atoms with Crippen LogP contribution in [0, 0.1) is 0 Å². The molecule has 0 amide bonds. The lowest BCUT2D eigenvalue weighted by molar-refractivity contribution is 0.412. The molecule has 2 rings (SSSR count). The first-order valence-electron chi connectivity index (χ1n) is 6.93. The number of methoxy groups -OCH3 is 2. The van der Waals surface area contributed by atoms with Crippen LogP contribution >= 0.6 is 0 Å². The molecule has 0 heterocycles. The summed E-state index contributed by atoms with van der Waals surface area (Å²) in [5, 5.41) is 0. The van der Waals surface area contributed by atoms with Crippen molar-refractivity contribution in [1.29, 1.82) is 0 Å². The van der Waals surface area contributed by atoms with Crippen LogP contribution in [0.5, 0.6) is 11.5 Å². The van der Waals surface area contributed by atoms with Crippen molar-refractivity contribution in [2.24, 2.45) is 0 Å². The average molecular weight is 270 g/mol. The Morgan fingerprint density at radius 3 is 1.45 bits per heavy atom. The molecule has 2 aromatic rings. The van der Waals surface area contributed by atoms with Crippen LogP contribution in [0.2, 0.25) is 0 Å². The highest BCUT2D eigenvalue weighted by Gasteiger charge is 2.17. The highest BCUT2D eigenvalue weighted by atomic mass is 16.5. The Morgan fingerprint density at radius 1 is 0.700 bits per heavy atom. The Hall–Kier alpha value is -1.96. The average Bonchev–Trinajstić information content (AvgIpc) is 2.53. The zero-order valence-corrected chi connectivity index (χ0v) is 12.6. The lowest BCUT2D eigenvalue weighted by Gasteiger charge is -2.21. The van der Waals surface area contributed by atoms with Gasteiger partial charge in [-0.3, -0.25) is 0 Å². The van der Waals surface area contributed by atoms with E-state index < -0.39 is 0 Å². The van der Waals surface area contributed by atoms with Gasteiger partial charge in [0, 0.05) is 0 Å². The van der Waals surface area contributed by atoms with Crippen molar-refractivity contribution in [1.82, 2.24) is 0 Å². The summed E-state index contributed by atoms with van der Waals surface area (Å²) < 4.78 is 10.6. The van der Waals surface area contributed by atoms with Gasteiger partial charge in [0.2, 0.25) is 0 Å². The molecule has 2 nitrogen and oxygen atoms in total. The summed E-state index contributed by atoms with van der Waals surface area (Å²) in [5.41, 5.74) is 2.58. The Labute approximate surface area is 121 Å². The van der Waals surface area contributed by atoms with Gasteiger partial charge in [0.1, 0.15) is 11.5 Å². The number of hydrogen-bond acceptors (Lipinski definition) is 2. The first-order valence-corrected chi connectivity index (χ1v) is 6.93. The number of ether oxygens (including phenoxy) is 2. The summed E-state index contributed by atoms with van der Waals surface area (Å²) in [4.78, 5) is 0. The van der Waals surface area contributed by atoms with Gasteiger partial charge in [0.25, 0.3) is 0 Å². The summed E-state index contributed by atoms with van der Waals surface area (Å²) in [6.07, 6.45) is 0. The van der Waals surface area contributed by atoms with E-state index in [1.54, 1.807) is 14.2 Å². The van der Waals surface area contributed by atoms with E-state index in [0.717, 1.165) is 11.5 Å². The van der Waals surface area contributed by atoms with E-state index >= 15 is 0 Å². The second kappa shape index (κ2) is 6.47. The summed E-state index contributed by atoms with van der Waals surface area (Å²) in [6, 6.07) is 16.6. The molecule has 2 atom stereocenters. The smallest absolute Gasteiger partial charge is 0.119 e. The molecule has 0 aliphatic rings. The molecule has 0 N–H and O–H groups in total. The molecule has 0 radical (unpaired) electrons. The van der Waals surface area contributed by atoms with Crippen LogP contribution in [0.3, 0.4) is 0 Å². The van der Waals surface area contributed by atoms with Crippen molar-refractivity contribution in [2.45, 2.75) is 25.7 Å². The second-order valence-corrected chi connectivity index (χ2v) is 5.13. The van der Waals surface area contributed by atoms with Gasteiger partial charge in [-0.05, 0) is 47.2 Å². The largest absolute Gasteiger partial charge is 0.497 e. The lowest BCUT2D eigenvalue weighted by atomic mass is 9.84. The third kappa shape index (κ3) is 3.13. The first kappa shape index (κ1) is 14.4. The molecule has 106 valence electrons. The Balaban J connectivity index is 2.24. The van der Waals surface area contributed by atoms with Gasteiger partial charge in [0.05, 0.1) is 14.2 Å². The van der Waals surface area contributed by atoms with Gasteiger partial charge in [-0.2, -0.15) is 0 Å². The Morgan fingerprint density at radius 2 is 1.10 bits per heavy atom. The van der Waals surface area contributed by atoms with Gasteiger partial charge >= 0.3 is 0 Å². The van der Waals surface area contributed by atoms with Crippen molar-refractivity contribution >= 4 is 0 Å². The fourth-order valence-corrected chi connectivity index (χ4v) is 2.43. The highest BCUT2D eigenvalue weighted by Crippen LogP contribution is 2.34. The molecule has 0 unspecified atom stereocenters. The molecule has 0 fully saturated rings. The van der Waals surface area contributed by atoms with Crippen molar-refractivity contribution < 1.29 is 9.47 Å². The van der Waals surface area contributed by atoms with Crippen LogP contribution < -0.4 is 9.47 Å². The van der Waals surface area contributed by atoms with E-state index in [-0.39, 0.29) is 0 Å². The monoisotopic (exact) mass is 270 g/mol. The maximum absolute atomic E-state index is 5.31. The van der Waals surface area contributed by atoms with Crippen LogP contribution in [0.4, 0.5) is 0 Å². The maximum atomic E-state index is 5.31. The third-order valence-corrected chi connectivity index (χ3v) is 3.99. The highest BCUT2D eigenvalue weighted by molar-refractivity contribution is 5.36. The lowest BCUT2D eigenvalue weighted by Crippen LogP contribution is -2.05. The van der Waals surface area contributed by atoms with Gasteiger partial charge < -0.3 is 9.47 Å². The second-order valence-electron chi connectivity index (χ2n) is 5.13. The standard InChI is InChI=1S/C18H22O2/c1-13(15-7-5-9-17(11-15)19-3)14(2)16-8-6-10-18(12-16)20-4/h5-14H,1-4H3/t13-,14+. The number of rotatable bonds is 5. The fraction of sp³-hybridized carbons (Fsp3) is 0.333. The SMILES string of the molecule is COc1cccc([C@@H](C)[C@@H](C)c2cccc(OC)c2)c1. The first-order chi connectivity index (χ1) is 9.65. The maximum Gasteiger partial charge on any atom is 0.119 e. The third-order valence-electron chi connectivity index (χ3n) is 3.99. The van der Waals surface area contributed by atoms with E-state index in [1.807, 2.05) is 24.3 Å². The molecule has 20 heavy (non-hydrogen) atoms. The summed E-state index contributed by atoms with van der Waals surface area (Å²) >= 11 is 0. The normalized spacial score (nSPS) is 13.6. The molecular weight excluding hydrogens is 248 g/mol. The molecule has 0 bridgehead atoms. The van der Waals surface area contributed by atoms with E-state index in [9.17, 15) is 0 Å². The Kier molecular flexibility index (Phi) is 4.67. The van der Waals surface area contributed by atoms with Crippen LogP contribution in [-0.2, 0) is 0 Å². The molecule has 2 aromatic carbocycles. The Bertz CT molecular complexity index is 511. The van der Waals surface area contributed by atoms with Crippen LogP contribution in [-0.4, -0.2) is 14.2 Å². The van der Waals surface area contributed by atoms with Crippen LogP contribution in [0.25, 0.3) is 0 Å². The van der Waals surface area contributed by atoms with Gasteiger partial charge in [-0.1, -0.05) is 38.1 Å². The van der Waals surface area contributed by atoms with Crippen LogP contribution in [0.1, 0.15) is 36.8 Å². The predicted octanol–water partition coefficient (Wildman–Crippen LogP) is 4.61. The minimum absolute atomic E-state index is 0.414. The molecule has 0 saturated heterocycles. The minimum atomic E-state index is 0.414. The van der Waals surface area contributed by atoms with E-state index in [2.05, 4.69) is 38.1 Å². The molecule has 0 aliphatic heterocycles. The quantitative estimate of drug-likeness (QED) is 0.789. The van der Waals surface area contributed by atoms with E-state index in [1.165, 1.54) is 11.1 Å². The number of benzene rings is 2. The molecule has 0 aromatic heterocycles.